The summed E-state index contributed by atoms with van der Waals surface area (Å²) in [5.41, 5.74) is 0.562. The molecule has 4 heteroatoms. The van der Waals surface area contributed by atoms with Crippen molar-refractivity contribution in [2.45, 2.75) is 26.2 Å². The molecule has 0 bridgehead atoms. The van der Waals surface area contributed by atoms with Crippen LogP contribution in [0.4, 0.5) is 0 Å². The molecule has 98 valence electrons. The molecule has 1 atom stereocenters. The number of aromatic hydroxyl groups is 1. The first-order chi connectivity index (χ1) is 8.61. The molecule has 0 radical (unpaired) electrons. The molecule has 1 N–H and O–H groups in total. The number of likely N-dealkylation sites (tertiary alicyclic amines) is 1. The molecule has 2 rings (SSSR count). The largest absolute Gasteiger partial charge is 0.507 e. The number of hydrogen-bond acceptors (Lipinski definition) is 2. The van der Waals surface area contributed by atoms with E-state index < -0.39 is 0 Å². The van der Waals surface area contributed by atoms with Gasteiger partial charge in [-0.2, -0.15) is 0 Å². The lowest BCUT2D eigenvalue weighted by Gasteiger charge is -2.32. The van der Waals surface area contributed by atoms with Crippen molar-refractivity contribution in [3.05, 3.63) is 28.2 Å². The molecule has 0 aromatic heterocycles. The highest BCUT2D eigenvalue weighted by atomic mass is 79.9. The van der Waals surface area contributed by atoms with Crippen molar-refractivity contribution < 1.29 is 9.90 Å². The lowest BCUT2D eigenvalue weighted by atomic mass is 9.95. The van der Waals surface area contributed by atoms with Crippen LogP contribution in [0, 0.1) is 5.92 Å². The number of halogens is 1. The second-order valence-electron chi connectivity index (χ2n) is 4.83. The quantitative estimate of drug-likeness (QED) is 0.909. The molecule has 1 aromatic rings. The van der Waals surface area contributed by atoms with E-state index in [1.54, 1.807) is 12.1 Å². The third-order valence-corrected chi connectivity index (χ3v) is 4.25. The molecule has 0 aliphatic carbocycles. The molecule has 0 saturated carbocycles. The average molecular weight is 312 g/mol. The number of hydrogen-bond donors (Lipinski definition) is 1. The van der Waals surface area contributed by atoms with Crippen LogP contribution < -0.4 is 0 Å². The van der Waals surface area contributed by atoms with Crippen molar-refractivity contribution >= 4 is 21.8 Å². The molecule has 0 spiro atoms. The maximum Gasteiger partial charge on any atom is 0.253 e. The molecule has 1 aliphatic rings. The smallest absolute Gasteiger partial charge is 0.253 e. The fourth-order valence-electron chi connectivity index (χ4n) is 2.41. The molecule has 1 saturated heterocycles. The van der Waals surface area contributed by atoms with Gasteiger partial charge in [0.1, 0.15) is 5.75 Å². The minimum Gasteiger partial charge on any atom is -0.507 e. The summed E-state index contributed by atoms with van der Waals surface area (Å²) in [7, 11) is 0. The van der Waals surface area contributed by atoms with Crippen LogP contribution >= 0.6 is 15.9 Å². The lowest BCUT2D eigenvalue weighted by molar-refractivity contribution is 0.0671. The van der Waals surface area contributed by atoms with Crippen molar-refractivity contribution in [3.8, 4) is 5.75 Å². The predicted molar refractivity (Wildman–Crippen MR) is 74.7 cm³/mol. The van der Waals surface area contributed by atoms with Crippen LogP contribution in [0.1, 0.15) is 36.5 Å². The Bertz CT molecular complexity index is 447. The van der Waals surface area contributed by atoms with Crippen molar-refractivity contribution in [3.63, 3.8) is 0 Å². The zero-order valence-corrected chi connectivity index (χ0v) is 12.1. The second kappa shape index (κ2) is 5.74. The second-order valence-corrected chi connectivity index (χ2v) is 5.69. The molecule has 1 unspecified atom stereocenters. The minimum absolute atomic E-state index is 0.0240. The van der Waals surface area contributed by atoms with E-state index in [-0.39, 0.29) is 11.7 Å². The van der Waals surface area contributed by atoms with E-state index in [4.69, 9.17) is 0 Å². The molecule has 18 heavy (non-hydrogen) atoms. The Morgan fingerprint density at radius 2 is 2.33 bits per heavy atom. The SMILES string of the molecule is CCC1CCCN(C(=O)c2ccc(Br)c(O)c2)C1. The summed E-state index contributed by atoms with van der Waals surface area (Å²) in [6.45, 7) is 3.84. The number of carbonyl (C=O) groups excluding carboxylic acids is 1. The number of phenolic OH excluding ortho intramolecular Hbond substituents is 1. The van der Waals surface area contributed by atoms with E-state index in [2.05, 4.69) is 22.9 Å². The maximum absolute atomic E-state index is 12.3. The Labute approximate surface area is 116 Å². The molecule has 1 amide bonds. The number of nitrogens with zero attached hydrogens (tertiary/aromatic N) is 1. The van der Waals surface area contributed by atoms with Gasteiger partial charge in [0.25, 0.3) is 5.91 Å². The summed E-state index contributed by atoms with van der Waals surface area (Å²) in [5, 5.41) is 9.63. The van der Waals surface area contributed by atoms with Crippen LogP contribution in [0.5, 0.6) is 5.75 Å². The Balaban J connectivity index is 2.12. The Kier molecular flexibility index (Phi) is 4.27. The summed E-state index contributed by atoms with van der Waals surface area (Å²) >= 11 is 3.22. The fraction of sp³-hybridized carbons (Fsp3) is 0.500. The van der Waals surface area contributed by atoms with Gasteiger partial charge in [-0.15, -0.1) is 0 Å². The number of carbonyl (C=O) groups is 1. The zero-order chi connectivity index (χ0) is 13.1. The number of benzene rings is 1. The van der Waals surface area contributed by atoms with Gasteiger partial charge in [-0.05, 0) is 52.9 Å². The van der Waals surface area contributed by atoms with Crippen LogP contribution in [-0.2, 0) is 0 Å². The van der Waals surface area contributed by atoms with Crippen molar-refractivity contribution in [2.24, 2.45) is 5.92 Å². The number of piperidine rings is 1. The van der Waals surface area contributed by atoms with E-state index >= 15 is 0 Å². The van der Waals surface area contributed by atoms with Gasteiger partial charge in [0, 0.05) is 18.7 Å². The lowest BCUT2D eigenvalue weighted by Crippen LogP contribution is -2.39. The third-order valence-electron chi connectivity index (χ3n) is 3.58. The molecule has 3 nitrogen and oxygen atoms in total. The molecular formula is C14H18BrNO2. The third kappa shape index (κ3) is 2.86. The summed E-state index contributed by atoms with van der Waals surface area (Å²) in [6, 6.07) is 4.99. The summed E-state index contributed by atoms with van der Waals surface area (Å²) in [5.74, 6) is 0.757. The normalized spacial score (nSPS) is 19.9. The maximum atomic E-state index is 12.3. The zero-order valence-electron chi connectivity index (χ0n) is 10.5. The van der Waals surface area contributed by atoms with Gasteiger partial charge in [-0.1, -0.05) is 13.3 Å². The monoisotopic (exact) mass is 311 g/mol. The van der Waals surface area contributed by atoms with Crippen LogP contribution in [0.15, 0.2) is 22.7 Å². The van der Waals surface area contributed by atoms with Gasteiger partial charge >= 0.3 is 0 Å². The summed E-state index contributed by atoms with van der Waals surface area (Å²) in [6.07, 6.45) is 3.41. The standard InChI is InChI=1S/C14H18BrNO2/c1-2-10-4-3-7-16(9-10)14(18)11-5-6-12(15)13(17)8-11/h5-6,8,10,17H,2-4,7,9H2,1H3. The van der Waals surface area contributed by atoms with Crippen LogP contribution in [-0.4, -0.2) is 29.0 Å². The van der Waals surface area contributed by atoms with Gasteiger partial charge in [-0.3, -0.25) is 4.79 Å². The highest BCUT2D eigenvalue weighted by molar-refractivity contribution is 9.10. The number of phenols is 1. The van der Waals surface area contributed by atoms with E-state index in [1.165, 1.54) is 12.5 Å². The Morgan fingerprint density at radius 1 is 1.56 bits per heavy atom. The van der Waals surface area contributed by atoms with Crippen LogP contribution in [0.3, 0.4) is 0 Å². The first-order valence-corrected chi connectivity index (χ1v) is 7.19. The number of rotatable bonds is 2. The van der Waals surface area contributed by atoms with E-state index in [0.29, 0.717) is 16.0 Å². The van der Waals surface area contributed by atoms with Crippen molar-refractivity contribution in [1.29, 1.82) is 0 Å². The van der Waals surface area contributed by atoms with Gasteiger partial charge in [0.2, 0.25) is 0 Å². The van der Waals surface area contributed by atoms with Gasteiger partial charge in [0.15, 0.2) is 0 Å². The summed E-state index contributed by atoms with van der Waals surface area (Å²) < 4.78 is 0.615. The van der Waals surface area contributed by atoms with E-state index in [0.717, 1.165) is 25.9 Å². The predicted octanol–water partition coefficient (Wildman–Crippen LogP) is 3.42. The Hall–Kier alpha value is -1.03. The molecule has 1 aromatic carbocycles. The minimum atomic E-state index is 0.0240. The molecule has 1 fully saturated rings. The Morgan fingerprint density at radius 3 is 3.00 bits per heavy atom. The summed E-state index contributed by atoms with van der Waals surface area (Å²) in [4.78, 5) is 14.2. The molecule has 1 aliphatic heterocycles. The van der Waals surface area contributed by atoms with Gasteiger partial charge in [0.05, 0.1) is 4.47 Å². The van der Waals surface area contributed by atoms with Gasteiger partial charge < -0.3 is 10.0 Å². The number of amides is 1. The van der Waals surface area contributed by atoms with E-state index in [9.17, 15) is 9.90 Å². The van der Waals surface area contributed by atoms with Gasteiger partial charge in [-0.25, -0.2) is 0 Å². The first kappa shape index (κ1) is 13.4. The highest BCUT2D eigenvalue weighted by Crippen LogP contribution is 2.26. The topological polar surface area (TPSA) is 40.5 Å². The van der Waals surface area contributed by atoms with Crippen LogP contribution in [0.2, 0.25) is 0 Å². The van der Waals surface area contributed by atoms with Crippen LogP contribution in [0.25, 0.3) is 0 Å². The molecule has 1 heterocycles. The highest BCUT2D eigenvalue weighted by Gasteiger charge is 2.23. The fourth-order valence-corrected chi connectivity index (χ4v) is 2.66. The van der Waals surface area contributed by atoms with Crippen molar-refractivity contribution in [2.75, 3.05) is 13.1 Å². The van der Waals surface area contributed by atoms with Crippen molar-refractivity contribution in [1.82, 2.24) is 4.90 Å². The van der Waals surface area contributed by atoms with E-state index in [1.807, 2.05) is 4.90 Å². The average Bonchev–Trinajstić information content (AvgIpc) is 2.41. The first-order valence-electron chi connectivity index (χ1n) is 6.39. The molecular weight excluding hydrogens is 294 g/mol.